The smallest absolute Gasteiger partial charge is 0.382 e. The molecule has 2 aliphatic rings. The van der Waals surface area contributed by atoms with Crippen LogP contribution in [0.15, 0.2) is 48.9 Å². The third kappa shape index (κ3) is 4.23. The van der Waals surface area contributed by atoms with Crippen LogP contribution in [0.1, 0.15) is 18.4 Å². The van der Waals surface area contributed by atoms with Crippen LogP contribution in [0.3, 0.4) is 0 Å². The number of halogens is 3. The van der Waals surface area contributed by atoms with Gasteiger partial charge in [-0.2, -0.15) is 23.4 Å². The van der Waals surface area contributed by atoms with Gasteiger partial charge in [-0.25, -0.2) is 17.9 Å². The van der Waals surface area contributed by atoms with E-state index in [1.807, 2.05) is 24.3 Å². The highest BCUT2D eigenvalue weighted by Gasteiger charge is 2.48. The third-order valence-electron chi connectivity index (χ3n) is 7.69. The Labute approximate surface area is 216 Å². The Hall–Kier alpha value is -3.45. The first-order valence-corrected chi connectivity index (χ1v) is 14.0. The number of nitrogens with zero attached hydrogens (tertiary/aromatic N) is 5. The second kappa shape index (κ2) is 8.80. The van der Waals surface area contributed by atoms with Crippen LogP contribution in [0, 0.1) is 5.92 Å². The van der Waals surface area contributed by atoms with Crippen molar-refractivity contribution in [3.05, 3.63) is 54.5 Å². The molecule has 2 fully saturated rings. The summed E-state index contributed by atoms with van der Waals surface area (Å²) in [5.41, 5.74) is 9.42. The predicted octanol–water partition coefficient (Wildman–Crippen LogP) is 3.50. The number of hydrogen-bond acceptors (Lipinski definition) is 7. The number of hydrogen-bond donors (Lipinski definition) is 1. The topological polar surface area (TPSA) is 117 Å². The lowest BCUT2D eigenvalue weighted by molar-refractivity contribution is -0.142. The minimum absolute atomic E-state index is 0.129. The van der Waals surface area contributed by atoms with Crippen molar-refractivity contribution in [2.75, 3.05) is 30.5 Å². The fourth-order valence-electron chi connectivity index (χ4n) is 5.72. The van der Waals surface area contributed by atoms with Crippen LogP contribution in [0.4, 0.5) is 19.0 Å². The van der Waals surface area contributed by atoms with Gasteiger partial charge in [0.15, 0.2) is 5.82 Å². The Morgan fingerprint density at radius 1 is 1.08 bits per heavy atom. The van der Waals surface area contributed by atoms with Crippen LogP contribution in [-0.2, 0) is 26.5 Å². The van der Waals surface area contributed by atoms with Gasteiger partial charge in [0.1, 0.15) is 28.2 Å². The summed E-state index contributed by atoms with van der Waals surface area (Å²) < 4.78 is 71.8. The Morgan fingerprint density at radius 3 is 2.53 bits per heavy atom. The molecule has 13 heteroatoms. The SMILES string of the molecule is Nc1ncnn2c(-c3cccc(C4(C5CCS(=O)(=O)CC5)COC4)c3)cc(-c3ccnn3CC(F)(F)F)c12. The van der Waals surface area contributed by atoms with E-state index in [4.69, 9.17) is 10.5 Å². The van der Waals surface area contributed by atoms with E-state index >= 15 is 0 Å². The van der Waals surface area contributed by atoms with Crippen LogP contribution in [0.5, 0.6) is 0 Å². The van der Waals surface area contributed by atoms with Crippen molar-refractivity contribution < 1.29 is 26.3 Å². The molecule has 1 aromatic carbocycles. The van der Waals surface area contributed by atoms with Crippen molar-refractivity contribution in [3.63, 3.8) is 0 Å². The van der Waals surface area contributed by atoms with Crippen molar-refractivity contribution in [2.45, 2.75) is 31.0 Å². The molecule has 0 unspecified atom stereocenters. The molecule has 0 amide bonds. The molecule has 2 saturated heterocycles. The first-order chi connectivity index (χ1) is 18.1. The Morgan fingerprint density at radius 2 is 1.84 bits per heavy atom. The molecule has 9 nitrogen and oxygen atoms in total. The van der Waals surface area contributed by atoms with Gasteiger partial charge in [0.2, 0.25) is 0 Å². The van der Waals surface area contributed by atoms with Crippen LogP contribution in [0.2, 0.25) is 0 Å². The zero-order valence-corrected chi connectivity index (χ0v) is 21.0. The molecular weight excluding hydrogens is 521 g/mol. The number of ether oxygens (including phenoxy) is 1. The van der Waals surface area contributed by atoms with Crippen molar-refractivity contribution in [2.24, 2.45) is 5.92 Å². The van der Waals surface area contributed by atoms with Crippen LogP contribution in [0.25, 0.3) is 28.0 Å². The molecule has 0 atom stereocenters. The van der Waals surface area contributed by atoms with Gasteiger partial charge >= 0.3 is 6.18 Å². The second-order valence-corrected chi connectivity index (χ2v) is 12.3. The molecule has 0 saturated carbocycles. The molecular formula is C25H25F3N6O3S. The molecule has 4 aromatic rings. The van der Waals surface area contributed by atoms with Gasteiger partial charge in [-0.1, -0.05) is 18.2 Å². The monoisotopic (exact) mass is 546 g/mol. The zero-order chi connectivity index (χ0) is 26.7. The number of benzene rings is 1. The van der Waals surface area contributed by atoms with Crippen LogP contribution in [-0.4, -0.2) is 63.7 Å². The largest absolute Gasteiger partial charge is 0.408 e. The maximum absolute atomic E-state index is 13.2. The standard InChI is InChI=1S/C25H25F3N6O3S/c26-25(27,28)12-33-20(4-7-31-33)19-11-21(34-22(19)23(29)30-15-32-34)16-2-1-3-18(10-16)24(13-37-14-24)17-5-8-38(35,36)9-6-17/h1-4,7,10-11,15,17H,5-6,8-9,12-14H2,(H2,29,30,32). The zero-order valence-electron chi connectivity index (χ0n) is 20.2. The highest BCUT2D eigenvalue weighted by Crippen LogP contribution is 2.46. The molecule has 2 N–H and O–H groups in total. The molecule has 2 aliphatic heterocycles. The summed E-state index contributed by atoms with van der Waals surface area (Å²) in [6, 6.07) is 11.1. The van der Waals surface area contributed by atoms with Gasteiger partial charge in [-0.15, -0.1) is 0 Å². The van der Waals surface area contributed by atoms with Crippen molar-refractivity contribution in [1.29, 1.82) is 0 Å². The number of nitrogens with two attached hydrogens (primary N) is 1. The molecule has 38 heavy (non-hydrogen) atoms. The lowest BCUT2D eigenvalue weighted by atomic mass is 9.66. The minimum atomic E-state index is -4.45. The van der Waals surface area contributed by atoms with Crippen molar-refractivity contribution in [1.82, 2.24) is 24.4 Å². The number of nitrogen functional groups attached to an aromatic ring is 1. The quantitative estimate of drug-likeness (QED) is 0.407. The fraction of sp³-hybridized carbons (Fsp3) is 0.400. The lowest BCUT2D eigenvalue weighted by Crippen LogP contribution is -2.54. The Bertz CT molecular complexity index is 1610. The highest BCUT2D eigenvalue weighted by molar-refractivity contribution is 7.91. The number of alkyl halides is 3. The van der Waals surface area contributed by atoms with Crippen LogP contribution >= 0.6 is 0 Å². The van der Waals surface area contributed by atoms with Crippen molar-refractivity contribution >= 4 is 21.2 Å². The van der Waals surface area contributed by atoms with Gasteiger partial charge in [0.25, 0.3) is 0 Å². The third-order valence-corrected chi connectivity index (χ3v) is 9.41. The summed E-state index contributed by atoms with van der Waals surface area (Å²) in [6.07, 6.45) is -0.666. The summed E-state index contributed by atoms with van der Waals surface area (Å²) in [5, 5.41) is 8.24. The van der Waals surface area contributed by atoms with Gasteiger partial charge in [0, 0.05) is 22.7 Å². The molecule has 3 aromatic heterocycles. The minimum Gasteiger partial charge on any atom is -0.382 e. The fourth-order valence-corrected chi connectivity index (χ4v) is 7.21. The van der Waals surface area contributed by atoms with E-state index in [9.17, 15) is 21.6 Å². The molecule has 0 aliphatic carbocycles. The molecule has 5 heterocycles. The summed E-state index contributed by atoms with van der Waals surface area (Å²) in [6.45, 7) is -0.231. The van der Waals surface area contributed by atoms with E-state index in [1.165, 1.54) is 18.6 Å². The number of sulfone groups is 1. The summed E-state index contributed by atoms with van der Waals surface area (Å²) >= 11 is 0. The Kier molecular flexibility index (Phi) is 5.76. The predicted molar refractivity (Wildman–Crippen MR) is 134 cm³/mol. The molecule has 200 valence electrons. The summed E-state index contributed by atoms with van der Waals surface area (Å²) in [7, 11) is -3.00. The van der Waals surface area contributed by atoms with Crippen molar-refractivity contribution in [3.8, 4) is 22.5 Å². The number of aromatic nitrogens is 5. The number of anilines is 1. The molecule has 0 bridgehead atoms. The maximum atomic E-state index is 13.2. The summed E-state index contributed by atoms with van der Waals surface area (Å²) in [4.78, 5) is 4.07. The van der Waals surface area contributed by atoms with E-state index < -0.39 is 22.6 Å². The van der Waals surface area contributed by atoms with E-state index in [0.717, 1.165) is 15.8 Å². The first-order valence-electron chi connectivity index (χ1n) is 12.2. The van der Waals surface area contributed by atoms with Gasteiger partial charge in [0.05, 0.1) is 36.1 Å². The van der Waals surface area contributed by atoms with E-state index in [2.05, 4.69) is 15.2 Å². The highest BCUT2D eigenvalue weighted by atomic mass is 32.2. The maximum Gasteiger partial charge on any atom is 0.408 e. The van der Waals surface area contributed by atoms with E-state index in [0.29, 0.717) is 42.8 Å². The van der Waals surface area contributed by atoms with Gasteiger partial charge in [-0.05, 0) is 42.5 Å². The molecule has 0 radical (unpaired) electrons. The van der Waals surface area contributed by atoms with E-state index in [-0.39, 0.29) is 34.4 Å². The average Bonchev–Trinajstić information content (AvgIpc) is 3.43. The number of fused-ring (bicyclic) bond motifs is 1. The van der Waals surface area contributed by atoms with Crippen LogP contribution < -0.4 is 5.73 Å². The van der Waals surface area contributed by atoms with E-state index in [1.54, 1.807) is 10.6 Å². The Balaban J connectivity index is 1.45. The molecule has 6 rings (SSSR count). The first kappa shape index (κ1) is 24.9. The van der Waals surface area contributed by atoms with Gasteiger partial charge < -0.3 is 10.5 Å². The lowest BCUT2D eigenvalue weighted by Gasteiger charge is -2.49. The van der Waals surface area contributed by atoms with Gasteiger partial charge in [-0.3, -0.25) is 4.68 Å². The average molecular weight is 547 g/mol. The number of rotatable bonds is 5. The normalized spacial score (nSPS) is 19.4. The summed E-state index contributed by atoms with van der Waals surface area (Å²) in [5.74, 6) is 0.648. The second-order valence-electron chi connectivity index (χ2n) is 9.99. The molecule has 0 spiro atoms.